The number of hydrogen-bond acceptors (Lipinski definition) is 4. The molecule has 42 heavy (non-hydrogen) atoms. The van der Waals surface area contributed by atoms with Gasteiger partial charge in [0.1, 0.15) is 5.75 Å². The van der Waals surface area contributed by atoms with Gasteiger partial charge in [-0.15, -0.1) is 0 Å². The zero-order valence-electron chi connectivity index (χ0n) is 23.6. The Morgan fingerprint density at radius 2 is 1.55 bits per heavy atom. The van der Waals surface area contributed by atoms with Gasteiger partial charge in [-0.3, -0.25) is 9.59 Å². The second-order valence-electron chi connectivity index (χ2n) is 10.7. The zero-order chi connectivity index (χ0) is 29.2. The van der Waals surface area contributed by atoms with Gasteiger partial charge in [0.05, 0.1) is 30.0 Å². The fourth-order valence-electron chi connectivity index (χ4n) is 5.82. The van der Waals surface area contributed by atoms with Gasteiger partial charge in [0.2, 0.25) is 0 Å². The Labute approximate surface area is 243 Å². The maximum absolute atomic E-state index is 14.0. The van der Waals surface area contributed by atoms with Gasteiger partial charge in [-0.25, -0.2) is 0 Å². The van der Waals surface area contributed by atoms with Crippen molar-refractivity contribution < 1.29 is 14.6 Å². The van der Waals surface area contributed by atoms with Gasteiger partial charge in [0.15, 0.2) is 0 Å². The van der Waals surface area contributed by atoms with Crippen LogP contribution in [0, 0.1) is 6.92 Å². The topological polar surface area (TPSA) is 84.3 Å². The molecule has 0 spiro atoms. The summed E-state index contributed by atoms with van der Waals surface area (Å²) in [5.41, 5.74) is 6.20. The van der Waals surface area contributed by atoms with Crippen molar-refractivity contribution in [2.45, 2.75) is 25.7 Å². The van der Waals surface area contributed by atoms with E-state index in [-0.39, 0.29) is 30.3 Å². The fraction of sp³-hybridized carbons (Fsp3) is 0.167. The predicted molar refractivity (Wildman–Crippen MR) is 166 cm³/mol. The van der Waals surface area contributed by atoms with Crippen LogP contribution in [-0.2, 0) is 29.4 Å². The van der Waals surface area contributed by atoms with Crippen molar-refractivity contribution in [2.24, 2.45) is 7.05 Å². The smallest absolute Gasteiger partial charge is 0.310 e. The number of aromatic hydroxyl groups is 1. The predicted octanol–water partition coefficient (Wildman–Crippen LogP) is 6.54. The molecular formula is C36H32N2O4. The second kappa shape index (κ2) is 11.4. The Morgan fingerprint density at radius 3 is 2.31 bits per heavy atom. The van der Waals surface area contributed by atoms with E-state index in [1.165, 1.54) is 0 Å². The number of nitrogens with zero attached hydrogens (tertiary/aromatic N) is 1. The highest BCUT2D eigenvalue weighted by Gasteiger charge is 2.30. The highest BCUT2D eigenvalue weighted by Crippen LogP contribution is 2.41. The number of ether oxygens (including phenoxy) is 1. The Balaban J connectivity index is 1.47. The molecule has 1 atom stereocenters. The molecule has 6 aromatic rings. The molecular weight excluding hydrogens is 524 g/mol. The van der Waals surface area contributed by atoms with E-state index in [1.54, 1.807) is 11.6 Å². The quantitative estimate of drug-likeness (QED) is 0.209. The van der Waals surface area contributed by atoms with E-state index in [0.29, 0.717) is 22.9 Å². The minimum absolute atomic E-state index is 0.0295. The van der Waals surface area contributed by atoms with Gasteiger partial charge in [0.25, 0.3) is 5.56 Å². The Morgan fingerprint density at radius 1 is 0.881 bits per heavy atom. The highest BCUT2D eigenvalue weighted by atomic mass is 16.5. The number of hydrogen-bond donors (Lipinski definition) is 2. The summed E-state index contributed by atoms with van der Waals surface area (Å²) in [5.74, 6) is -0.909. The standard InChI is InChI=1S/C36H32N2O4/c1-23-16-18-25(19-17-23)32(33-35(40)28-13-7-9-15-30(28)38(2)36(33)41)34-27(26-12-6-8-14-29(26)37-34)20-21-42-31(39)22-24-10-4-3-5-11-24/h3-19,32,37,40H,20-22H2,1-2H3. The summed E-state index contributed by atoms with van der Waals surface area (Å²) in [7, 11) is 1.73. The van der Waals surface area contributed by atoms with Crippen molar-refractivity contribution in [1.29, 1.82) is 0 Å². The molecule has 0 aliphatic carbocycles. The number of carbonyl (C=O) groups is 1. The molecule has 210 valence electrons. The molecule has 0 amide bonds. The molecule has 6 rings (SSSR count). The minimum Gasteiger partial charge on any atom is -0.507 e. The first-order chi connectivity index (χ1) is 20.4. The van der Waals surface area contributed by atoms with Crippen molar-refractivity contribution in [2.75, 3.05) is 6.61 Å². The summed E-state index contributed by atoms with van der Waals surface area (Å²) in [6.07, 6.45) is 0.644. The maximum Gasteiger partial charge on any atom is 0.310 e. The third-order valence-corrected chi connectivity index (χ3v) is 7.95. The van der Waals surface area contributed by atoms with Gasteiger partial charge in [-0.05, 0) is 41.8 Å². The van der Waals surface area contributed by atoms with Crippen molar-refractivity contribution in [3.8, 4) is 5.75 Å². The monoisotopic (exact) mass is 556 g/mol. The SMILES string of the molecule is Cc1ccc(C(c2[nH]c3ccccc3c2CCOC(=O)Cc2ccccc2)c2c(O)c3ccccc3n(C)c2=O)cc1. The van der Waals surface area contributed by atoms with Crippen molar-refractivity contribution in [3.63, 3.8) is 0 Å². The van der Waals surface area contributed by atoms with Crippen LogP contribution in [0.3, 0.4) is 0 Å². The van der Waals surface area contributed by atoms with E-state index >= 15 is 0 Å². The van der Waals surface area contributed by atoms with E-state index in [1.807, 2.05) is 110 Å². The number of aromatic nitrogens is 2. The molecule has 1 unspecified atom stereocenters. The lowest BCUT2D eigenvalue weighted by atomic mass is 9.85. The van der Waals surface area contributed by atoms with Gasteiger partial charge < -0.3 is 19.4 Å². The highest BCUT2D eigenvalue weighted by molar-refractivity contribution is 5.88. The lowest BCUT2D eigenvalue weighted by Gasteiger charge is -2.22. The van der Waals surface area contributed by atoms with Crippen LogP contribution in [0.5, 0.6) is 5.75 Å². The number of carbonyl (C=O) groups excluding carboxylic acids is 1. The molecule has 0 radical (unpaired) electrons. The van der Waals surface area contributed by atoms with Crippen LogP contribution in [0.25, 0.3) is 21.8 Å². The molecule has 2 heterocycles. The summed E-state index contributed by atoms with van der Waals surface area (Å²) < 4.78 is 7.28. The maximum atomic E-state index is 14.0. The normalized spacial score (nSPS) is 12.0. The number of benzene rings is 4. The van der Waals surface area contributed by atoms with Crippen LogP contribution >= 0.6 is 0 Å². The van der Waals surface area contributed by atoms with Gasteiger partial charge in [-0.1, -0.05) is 90.5 Å². The van der Waals surface area contributed by atoms with E-state index in [4.69, 9.17) is 4.74 Å². The number of H-pyrrole nitrogens is 1. The van der Waals surface area contributed by atoms with Crippen LogP contribution in [-0.4, -0.2) is 27.2 Å². The number of rotatable bonds is 8. The number of aromatic amines is 1. The summed E-state index contributed by atoms with van der Waals surface area (Å²) >= 11 is 0. The van der Waals surface area contributed by atoms with Crippen molar-refractivity contribution in [1.82, 2.24) is 9.55 Å². The summed E-state index contributed by atoms with van der Waals surface area (Å²) in [5, 5.41) is 13.3. The van der Waals surface area contributed by atoms with Gasteiger partial charge in [0, 0.05) is 35.5 Å². The van der Waals surface area contributed by atoms with Gasteiger partial charge in [-0.2, -0.15) is 0 Å². The molecule has 6 heteroatoms. The molecule has 0 fully saturated rings. The van der Waals surface area contributed by atoms with Gasteiger partial charge >= 0.3 is 5.97 Å². The van der Waals surface area contributed by atoms with Crippen LogP contribution < -0.4 is 5.56 Å². The molecule has 2 N–H and O–H groups in total. The largest absolute Gasteiger partial charge is 0.507 e. The summed E-state index contributed by atoms with van der Waals surface area (Å²) in [6.45, 7) is 2.20. The van der Waals surface area contributed by atoms with E-state index in [9.17, 15) is 14.7 Å². The van der Waals surface area contributed by atoms with Crippen molar-refractivity contribution in [3.05, 3.63) is 147 Å². The molecule has 0 saturated carbocycles. The average molecular weight is 557 g/mol. The number of nitrogens with one attached hydrogen (secondary N) is 1. The second-order valence-corrected chi connectivity index (χ2v) is 10.7. The first-order valence-corrected chi connectivity index (χ1v) is 14.1. The Kier molecular flexibility index (Phi) is 7.36. The Bertz CT molecular complexity index is 1950. The summed E-state index contributed by atoms with van der Waals surface area (Å²) in [6, 6.07) is 32.9. The van der Waals surface area contributed by atoms with Crippen LogP contribution in [0.1, 0.15) is 39.4 Å². The fourth-order valence-corrected chi connectivity index (χ4v) is 5.82. The number of pyridine rings is 1. The minimum atomic E-state index is -0.587. The Hall–Kier alpha value is -5.10. The van der Waals surface area contributed by atoms with Crippen LogP contribution in [0.2, 0.25) is 0 Å². The number of fused-ring (bicyclic) bond motifs is 2. The lowest BCUT2D eigenvalue weighted by Crippen LogP contribution is -2.25. The zero-order valence-corrected chi connectivity index (χ0v) is 23.6. The third-order valence-electron chi connectivity index (χ3n) is 7.95. The number of esters is 1. The third kappa shape index (κ3) is 5.07. The number of aryl methyl sites for hydroxylation is 2. The molecule has 0 saturated heterocycles. The number of para-hydroxylation sites is 2. The molecule has 6 nitrogen and oxygen atoms in total. The van der Waals surface area contributed by atoms with E-state index in [0.717, 1.165) is 38.9 Å². The first-order valence-electron chi connectivity index (χ1n) is 14.1. The first kappa shape index (κ1) is 27.1. The molecule has 2 aromatic heterocycles. The molecule has 4 aromatic carbocycles. The van der Waals surface area contributed by atoms with E-state index in [2.05, 4.69) is 4.98 Å². The molecule has 0 aliphatic heterocycles. The lowest BCUT2D eigenvalue weighted by molar-refractivity contribution is -0.142. The summed E-state index contributed by atoms with van der Waals surface area (Å²) in [4.78, 5) is 30.2. The van der Waals surface area contributed by atoms with Crippen LogP contribution in [0.4, 0.5) is 0 Å². The molecule has 0 aliphatic rings. The molecule has 0 bridgehead atoms. The van der Waals surface area contributed by atoms with Crippen LogP contribution in [0.15, 0.2) is 108 Å². The average Bonchev–Trinajstić information content (AvgIpc) is 3.37. The van der Waals surface area contributed by atoms with E-state index < -0.39 is 5.92 Å². The van der Waals surface area contributed by atoms with Crippen molar-refractivity contribution >= 4 is 27.8 Å².